The summed E-state index contributed by atoms with van der Waals surface area (Å²) in [4.78, 5) is 25.9. The van der Waals surface area contributed by atoms with Gasteiger partial charge in [-0.25, -0.2) is 9.18 Å². The maximum atomic E-state index is 13.3. The van der Waals surface area contributed by atoms with Crippen LogP contribution < -0.4 is 5.32 Å². The standard InChI is InChI=1S/C22H30FN5O3/c1-2-31-20(29)11-13-24-22(30)27-14-5-3-4-6-15-28-19(12-16-27)25-26-21(28)17-7-9-18(23)10-8-17/h7-10H,2-6,11-16H2,1H3,(H,24,30). The van der Waals surface area contributed by atoms with Crippen LogP contribution in [-0.2, 0) is 22.5 Å². The lowest BCUT2D eigenvalue weighted by Crippen LogP contribution is -2.42. The van der Waals surface area contributed by atoms with Gasteiger partial charge in [-0.05, 0) is 44.0 Å². The molecule has 3 rings (SSSR count). The number of aromatic nitrogens is 3. The minimum atomic E-state index is -0.318. The molecule has 31 heavy (non-hydrogen) atoms. The second-order valence-electron chi connectivity index (χ2n) is 7.54. The Morgan fingerprint density at radius 2 is 1.81 bits per heavy atom. The van der Waals surface area contributed by atoms with Crippen molar-refractivity contribution < 1.29 is 18.7 Å². The molecular weight excluding hydrogens is 401 g/mol. The molecule has 0 unspecified atom stereocenters. The van der Waals surface area contributed by atoms with Gasteiger partial charge in [-0.2, -0.15) is 0 Å². The molecule has 0 spiro atoms. The van der Waals surface area contributed by atoms with Crippen LogP contribution in [-0.4, -0.2) is 57.9 Å². The van der Waals surface area contributed by atoms with Crippen LogP contribution in [0.3, 0.4) is 0 Å². The van der Waals surface area contributed by atoms with Gasteiger partial charge < -0.3 is 19.5 Å². The van der Waals surface area contributed by atoms with Gasteiger partial charge in [0.25, 0.3) is 0 Å². The van der Waals surface area contributed by atoms with E-state index < -0.39 is 0 Å². The third-order valence-electron chi connectivity index (χ3n) is 5.29. The van der Waals surface area contributed by atoms with E-state index in [1.54, 1.807) is 24.0 Å². The van der Waals surface area contributed by atoms with Crippen LogP contribution in [0.25, 0.3) is 11.4 Å². The van der Waals surface area contributed by atoms with Gasteiger partial charge in [0.05, 0.1) is 13.0 Å². The smallest absolute Gasteiger partial charge is 0.317 e. The maximum Gasteiger partial charge on any atom is 0.317 e. The van der Waals surface area contributed by atoms with Crippen molar-refractivity contribution in [2.75, 3.05) is 26.2 Å². The number of urea groups is 1. The molecule has 1 aromatic carbocycles. The number of hydrogen-bond acceptors (Lipinski definition) is 5. The lowest BCUT2D eigenvalue weighted by molar-refractivity contribution is -0.142. The second-order valence-corrected chi connectivity index (χ2v) is 7.54. The Bertz CT molecular complexity index is 869. The zero-order chi connectivity index (χ0) is 22.1. The Morgan fingerprint density at radius 3 is 2.55 bits per heavy atom. The van der Waals surface area contributed by atoms with Crippen molar-refractivity contribution in [2.24, 2.45) is 0 Å². The molecular formula is C22H30FN5O3. The van der Waals surface area contributed by atoms with Gasteiger partial charge in [0, 0.05) is 38.2 Å². The van der Waals surface area contributed by atoms with Crippen molar-refractivity contribution >= 4 is 12.0 Å². The van der Waals surface area contributed by atoms with E-state index >= 15 is 0 Å². The second kappa shape index (κ2) is 11.4. The van der Waals surface area contributed by atoms with Crippen molar-refractivity contribution in [1.29, 1.82) is 0 Å². The molecule has 0 saturated carbocycles. The zero-order valence-corrected chi connectivity index (χ0v) is 18.0. The number of esters is 1. The van der Waals surface area contributed by atoms with Crippen LogP contribution in [0.15, 0.2) is 24.3 Å². The molecule has 168 valence electrons. The number of hydrogen-bond donors (Lipinski definition) is 1. The predicted molar refractivity (Wildman–Crippen MR) is 114 cm³/mol. The number of benzene rings is 1. The van der Waals surface area contributed by atoms with Crippen molar-refractivity contribution in [1.82, 2.24) is 25.0 Å². The Morgan fingerprint density at radius 1 is 1.06 bits per heavy atom. The first kappa shape index (κ1) is 22.7. The van der Waals surface area contributed by atoms with E-state index in [4.69, 9.17) is 4.74 Å². The van der Waals surface area contributed by atoms with Gasteiger partial charge in [-0.1, -0.05) is 12.8 Å². The fraction of sp³-hybridized carbons (Fsp3) is 0.545. The number of rotatable bonds is 5. The lowest BCUT2D eigenvalue weighted by Gasteiger charge is -2.22. The van der Waals surface area contributed by atoms with Crippen LogP contribution in [0.4, 0.5) is 9.18 Å². The molecule has 1 aliphatic heterocycles. The number of nitrogens with one attached hydrogen (secondary N) is 1. The van der Waals surface area contributed by atoms with Crippen LogP contribution in [0.1, 0.15) is 44.9 Å². The summed E-state index contributed by atoms with van der Waals surface area (Å²) in [6.07, 6.45) is 4.71. The first-order chi connectivity index (χ1) is 15.1. The lowest BCUT2D eigenvalue weighted by atomic mass is 10.1. The highest BCUT2D eigenvalue weighted by molar-refractivity contribution is 5.75. The van der Waals surface area contributed by atoms with E-state index in [2.05, 4.69) is 20.1 Å². The summed E-state index contributed by atoms with van der Waals surface area (Å²) in [6.45, 7) is 4.29. The van der Waals surface area contributed by atoms with Gasteiger partial charge in [0.15, 0.2) is 5.82 Å². The minimum Gasteiger partial charge on any atom is -0.466 e. The van der Waals surface area contributed by atoms with E-state index in [0.29, 0.717) is 26.1 Å². The monoisotopic (exact) mass is 431 g/mol. The SMILES string of the molecule is CCOC(=O)CCNC(=O)N1CCCCCCn2c(nnc2-c2ccc(F)cc2)CC1. The average molecular weight is 432 g/mol. The van der Waals surface area contributed by atoms with E-state index in [9.17, 15) is 14.0 Å². The van der Waals surface area contributed by atoms with Gasteiger partial charge in [0.1, 0.15) is 11.6 Å². The van der Waals surface area contributed by atoms with Crippen molar-refractivity contribution in [3.05, 3.63) is 35.9 Å². The summed E-state index contributed by atoms with van der Waals surface area (Å²) in [5, 5.41) is 11.5. The van der Waals surface area contributed by atoms with E-state index in [0.717, 1.165) is 49.4 Å². The molecule has 1 N–H and O–H groups in total. The molecule has 0 radical (unpaired) electrons. The number of halogens is 1. The van der Waals surface area contributed by atoms with E-state index in [-0.39, 0.29) is 30.8 Å². The molecule has 2 aromatic rings. The largest absolute Gasteiger partial charge is 0.466 e. The number of ether oxygens (including phenoxy) is 1. The molecule has 2 amide bonds. The Balaban J connectivity index is 1.67. The topological polar surface area (TPSA) is 89.4 Å². The first-order valence-corrected chi connectivity index (χ1v) is 10.9. The number of carbonyl (C=O) groups excluding carboxylic acids is 2. The molecule has 2 heterocycles. The molecule has 0 atom stereocenters. The number of carbonyl (C=O) groups is 2. The summed E-state index contributed by atoms with van der Waals surface area (Å²) >= 11 is 0. The first-order valence-electron chi connectivity index (χ1n) is 10.9. The predicted octanol–water partition coefficient (Wildman–Crippen LogP) is 3.17. The van der Waals surface area contributed by atoms with Gasteiger partial charge >= 0.3 is 12.0 Å². The highest BCUT2D eigenvalue weighted by atomic mass is 19.1. The van der Waals surface area contributed by atoms with Gasteiger partial charge in [0.2, 0.25) is 0 Å². The van der Waals surface area contributed by atoms with Crippen molar-refractivity contribution in [3.8, 4) is 11.4 Å². The van der Waals surface area contributed by atoms with Crippen LogP contribution in [0, 0.1) is 5.82 Å². The summed E-state index contributed by atoms with van der Waals surface area (Å²) in [6, 6.07) is 6.07. The minimum absolute atomic E-state index is 0.156. The van der Waals surface area contributed by atoms with E-state index in [1.807, 2.05) is 0 Å². The summed E-state index contributed by atoms with van der Waals surface area (Å²) in [7, 11) is 0. The highest BCUT2D eigenvalue weighted by Gasteiger charge is 2.19. The number of amides is 2. The molecule has 0 fully saturated rings. The molecule has 0 bridgehead atoms. The average Bonchev–Trinajstić information content (AvgIpc) is 3.13. The molecule has 0 saturated heterocycles. The molecule has 0 aliphatic carbocycles. The Hall–Kier alpha value is -2.97. The quantitative estimate of drug-likeness (QED) is 0.735. The third-order valence-corrected chi connectivity index (χ3v) is 5.29. The fourth-order valence-corrected chi connectivity index (χ4v) is 3.66. The Kier molecular flexibility index (Phi) is 8.37. The van der Waals surface area contributed by atoms with Crippen LogP contribution in [0.2, 0.25) is 0 Å². The zero-order valence-electron chi connectivity index (χ0n) is 18.0. The normalized spacial score (nSPS) is 15.0. The highest BCUT2D eigenvalue weighted by Crippen LogP contribution is 2.21. The third kappa shape index (κ3) is 6.50. The fourth-order valence-electron chi connectivity index (χ4n) is 3.66. The van der Waals surface area contributed by atoms with Gasteiger partial charge in [-0.15, -0.1) is 10.2 Å². The van der Waals surface area contributed by atoms with Crippen molar-refractivity contribution in [3.63, 3.8) is 0 Å². The molecule has 9 heteroatoms. The van der Waals surface area contributed by atoms with E-state index in [1.165, 1.54) is 12.1 Å². The summed E-state index contributed by atoms with van der Waals surface area (Å²) < 4.78 is 20.3. The molecule has 8 nitrogen and oxygen atoms in total. The number of fused-ring (bicyclic) bond motifs is 1. The van der Waals surface area contributed by atoms with Crippen molar-refractivity contribution in [2.45, 2.75) is 52.0 Å². The molecule has 1 aliphatic rings. The van der Waals surface area contributed by atoms with Crippen LogP contribution in [0.5, 0.6) is 0 Å². The maximum absolute atomic E-state index is 13.3. The summed E-state index contributed by atoms with van der Waals surface area (Å²) in [5.41, 5.74) is 0.823. The summed E-state index contributed by atoms with van der Waals surface area (Å²) in [5.74, 6) is 0.928. The molecule has 1 aromatic heterocycles. The van der Waals surface area contributed by atoms with Crippen LogP contribution >= 0.6 is 0 Å². The Labute approximate surface area is 181 Å². The van der Waals surface area contributed by atoms with Gasteiger partial charge in [-0.3, -0.25) is 4.79 Å². The number of nitrogens with zero attached hydrogens (tertiary/aromatic N) is 4.